The molecule has 4 rings (SSSR count). The molecule has 3 heterocycles. The Balaban J connectivity index is 1.36. The van der Waals surface area contributed by atoms with E-state index in [4.69, 9.17) is 4.74 Å². The molecule has 0 amide bonds. The van der Waals surface area contributed by atoms with Crippen LogP contribution >= 0.6 is 23.1 Å². The third-order valence-electron chi connectivity index (χ3n) is 7.31. The molecule has 194 valence electrons. The van der Waals surface area contributed by atoms with Gasteiger partial charge in [0.2, 0.25) is 0 Å². The number of pyridine rings is 1. The highest BCUT2D eigenvalue weighted by atomic mass is 32.2. The number of rotatable bonds is 12. The van der Waals surface area contributed by atoms with Crippen molar-refractivity contribution in [3.05, 3.63) is 53.0 Å². The second kappa shape index (κ2) is 12.9. The molecule has 3 atom stereocenters. The van der Waals surface area contributed by atoms with E-state index < -0.39 is 12.1 Å². The van der Waals surface area contributed by atoms with Gasteiger partial charge in [-0.2, -0.15) is 0 Å². The number of benzene rings is 1. The third kappa shape index (κ3) is 7.00. The van der Waals surface area contributed by atoms with Gasteiger partial charge in [-0.3, -0.25) is 9.78 Å². The summed E-state index contributed by atoms with van der Waals surface area (Å²) in [7, 11) is 1.64. The number of hydrogen-bond acceptors (Lipinski definition) is 7. The van der Waals surface area contributed by atoms with Gasteiger partial charge in [-0.05, 0) is 97.8 Å². The molecule has 2 aromatic heterocycles. The standard InChI is InChI=1S/C28H36N2O4S2/c1-19-11-15-35-28(19)36-16-14-30-13-10-20(21(18-30)4-8-27(32)33)3-7-26(31)23-9-12-29-25-6-5-22(34-2)17-24(23)25/h5-6,9,11-12,15,17,20-21,26,31H,3-4,7-8,10,13-14,16,18H2,1-2H3,(H,32,33)/t20-,21+,26?/m1/s1. The van der Waals surface area contributed by atoms with Gasteiger partial charge in [-0.25, -0.2) is 0 Å². The van der Waals surface area contributed by atoms with Crippen molar-refractivity contribution in [2.45, 2.75) is 49.3 Å². The SMILES string of the molecule is COc1ccc2nccc(C(O)CC[C@@H]3CCN(CCSc4sccc4C)C[C@@H]3CCC(=O)O)c2c1. The molecule has 6 nitrogen and oxygen atoms in total. The van der Waals surface area contributed by atoms with Gasteiger partial charge < -0.3 is 19.8 Å². The number of ether oxygens (including phenoxy) is 1. The van der Waals surface area contributed by atoms with E-state index in [1.54, 1.807) is 24.6 Å². The number of nitrogens with zero attached hydrogens (tertiary/aromatic N) is 2. The molecule has 36 heavy (non-hydrogen) atoms. The van der Waals surface area contributed by atoms with Crippen LogP contribution in [0.4, 0.5) is 0 Å². The van der Waals surface area contributed by atoms with Crippen LogP contribution < -0.4 is 4.74 Å². The summed E-state index contributed by atoms with van der Waals surface area (Å²) in [4.78, 5) is 18.2. The second-order valence-electron chi connectivity index (χ2n) is 9.66. The predicted octanol–water partition coefficient (Wildman–Crippen LogP) is 6.02. The Bertz CT molecular complexity index is 1150. The van der Waals surface area contributed by atoms with Crippen molar-refractivity contribution >= 4 is 40.0 Å². The first-order chi connectivity index (χ1) is 17.4. The van der Waals surface area contributed by atoms with Crippen molar-refractivity contribution in [2.24, 2.45) is 11.8 Å². The maximum Gasteiger partial charge on any atom is 0.303 e. The summed E-state index contributed by atoms with van der Waals surface area (Å²) in [5.41, 5.74) is 3.07. The quantitative estimate of drug-likeness (QED) is 0.278. The van der Waals surface area contributed by atoms with Gasteiger partial charge in [0.1, 0.15) is 5.75 Å². The number of methoxy groups -OCH3 is 1. The number of hydrogen-bond donors (Lipinski definition) is 2. The summed E-state index contributed by atoms with van der Waals surface area (Å²) in [6, 6.07) is 9.79. The van der Waals surface area contributed by atoms with Crippen LogP contribution in [0.3, 0.4) is 0 Å². The smallest absolute Gasteiger partial charge is 0.303 e. The summed E-state index contributed by atoms with van der Waals surface area (Å²) < 4.78 is 6.77. The fourth-order valence-electron chi connectivity index (χ4n) is 5.24. The molecular weight excluding hydrogens is 492 g/mol. The fourth-order valence-corrected chi connectivity index (χ4v) is 7.41. The number of carboxylic acid groups (broad SMARTS) is 1. The molecule has 1 saturated heterocycles. The number of aryl methyl sites for hydroxylation is 1. The molecule has 0 radical (unpaired) electrons. The number of aliphatic carboxylic acids is 1. The first kappa shape index (κ1) is 26.9. The monoisotopic (exact) mass is 528 g/mol. The van der Waals surface area contributed by atoms with Crippen LogP contribution in [0.5, 0.6) is 5.75 Å². The van der Waals surface area contributed by atoms with E-state index in [1.807, 2.05) is 36.0 Å². The van der Waals surface area contributed by atoms with Gasteiger partial charge in [0, 0.05) is 36.8 Å². The van der Waals surface area contributed by atoms with Gasteiger partial charge in [0.05, 0.1) is 22.9 Å². The third-order valence-corrected chi connectivity index (χ3v) is 9.73. The second-order valence-corrected chi connectivity index (χ2v) is 11.9. The predicted molar refractivity (Wildman–Crippen MR) is 147 cm³/mol. The van der Waals surface area contributed by atoms with Crippen LogP contribution in [0.15, 0.2) is 46.1 Å². The number of thioether (sulfide) groups is 1. The number of carboxylic acids is 1. The Morgan fingerprint density at radius 2 is 2.14 bits per heavy atom. The largest absolute Gasteiger partial charge is 0.497 e. The molecule has 0 saturated carbocycles. The molecule has 1 unspecified atom stereocenters. The topological polar surface area (TPSA) is 82.9 Å². The molecule has 8 heteroatoms. The van der Waals surface area contributed by atoms with Crippen molar-refractivity contribution in [3.63, 3.8) is 0 Å². The van der Waals surface area contributed by atoms with Crippen LogP contribution in [0.25, 0.3) is 10.9 Å². The summed E-state index contributed by atoms with van der Waals surface area (Å²) in [6.45, 7) is 5.15. The van der Waals surface area contributed by atoms with Crippen LogP contribution in [0, 0.1) is 18.8 Å². The maximum atomic E-state index is 11.3. The number of aromatic nitrogens is 1. The lowest BCUT2D eigenvalue weighted by Crippen LogP contribution is -2.41. The van der Waals surface area contributed by atoms with Crippen LogP contribution in [-0.2, 0) is 4.79 Å². The number of aliphatic hydroxyl groups excluding tert-OH is 1. The summed E-state index contributed by atoms with van der Waals surface area (Å²) in [5.74, 6) is 1.83. The van der Waals surface area contributed by atoms with Crippen molar-refractivity contribution in [3.8, 4) is 5.75 Å². The van der Waals surface area contributed by atoms with E-state index in [2.05, 4.69) is 28.3 Å². The normalized spacial score (nSPS) is 19.4. The van der Waals surface area contributed by atoms with E-state index in [1.165, 1.54) is 9.77 Å². The summed E-state index contributed by atoms with van der Waals surface area (Å²) in [6.07, 6.45) is 4.64. The average molecular weight is 529 g/mol. The lowest BCUT2D eigenvalue weighted by molar-refractivity contribution is -0.137. The first-order valence-corrected chi connectivity index (χ1v) is 14.5. The van der Waals surface area contributed by atoms with Gasteiger partial charge >= 0.3 is 5.97 Å². The zero-order valence-electron chi connectivity index (χ0n) is 21.1. The van der Waals surface area contributed by atoms with E-state index in [9.17, 15) is 15.0 Å². The molecular formula is C28H36N2O4S2. The molecule has 1 aliphatic rings. The molecule has 2 N–H and O–H groups in total. The minimum atomic E-state index is -0.730. The lowest BCUT2D eigenvalue weighted by atomic mass is 9.79. The Hall–Kier alpha value is -2.13. The summed E-state index contributed by atoms with van der Waals surface area (Å²) in [5, 5.41) is 23.5. The molecule has 1 aromatic carbocycles. The van der Waals surface area contributed by atoms with Gasteiger partial charge in [0.15, 0.2) is 0 Å². The van der Waals surface area contributed by atoms with Crippen LogP contribution in [0.1, 0.15) is 49.3 Å². The van der Waals surface area contributed by atoms with Crippen LogP contribution in [0.2, 0.25) is 0 Å². The minimum absolute atomic E-state index is 0.204. The Morgan fingerprint density at radius 1 is 1.28 bits per heavy atom. The Kier molecular flexibility index (Phi) is 9.65. The van der Waals surface area contributed by atoms with Gasteiger partial charge in [-0.1, -0.05) is 0 Å². The zero-order chi connectivity index (χ0) is 25.5. The average Bonchev–Trinajstić information content (AvgIpc) is 3.30. The summed E-state index contributed by atoms with van der Waals surface area (Å²) >= 11 is 3.72. The molecule has 0 spiro atoms. The molecule has 0 aliphatic carbocycles. The molecule has 1 aliphatic heterocycles. The van der Waals surface area contributed by atoms with E-state index in [-0.39, 0.29) is 6.42 Å². The number of piperidine rings is 1. The van der Waals surface area contributed by atoms with E-state index in [0.29, 0.717) is 24.7 Å². The Morgan fingerprint density at radius 3 is 2.89 bits per heavy atom. The Labute approximate surface area is 221 Å². The maximum absolute atomic E-state index is 11.3. The minimum Gasteiger partial charge on any atom is -0.497 e. The highest BCUT2D eigenvalue weighted by Gasteiger charge is 2.30. The number of thiophene rings is 1. The zero-order valence-corrected chi connectivity index (χ0v) is 22.7. The number of likely N-dealkylation sites (tertiary alicyclic amines) is 1. The van der Waals surface area contributed by atoms with Crippen molar-refractivity contribution in [1.82, 2.24) is 9.88 Å². The molecule has 3 aromatic rings. The lowest BCUT2D eigenvalue weighted by Gasteiger charge is -2.39. The van der Waals surface area contributed by atoms with Gasteiger partial charge in [0.25, 0.3) is 0 Å². The highest BCUT2D eigenvalue weighted by Crippen LogP contribution is 2.36. The van der Waals surface area contributed by atoms with Crippen LogP contribution in [-0.4, -0.2) is 58.6 Å². The van der Waals surface area contributed by atoms with Crippen molar-refractivity contribution < 1.29 is 19.7 Å². The fraction of sp³-hybridized carbons (Fsp3) is 0.500. The molecule has 0 bridgehead atoms. The highest BCUT2D eigenvalue weighted by molar-refractivity contribution is 8.01. The van der Waals surface area contributed by atoms with Crippen molar-refractivity contribution in [1.29, 1.82) is 0 Å². The first-order valence-electron chi connectivity index (χ1n) is 12.7. The van der Waals surface area contributed by atoms with E-state index in [0.717, 1.165) is 60.4 Å². The van der Waals surface area contributed by atoms with Crippen molar-refractivity contribution in [2.75, 3.05) is 32.5 Å². The molecule has 1 fully saturated rings. The number of aliphatic hydroxyl groups is 1. The van der Waals surface area contributed by atoms with Gasteiger partial charge in [-0.15, -0.1) is 23.1 Å². The number of carbonyl (C=O) groups is 1. The van der Waals surface area contributed by atoms with E-state index >= 15 is 0 Å². The number of fused-ring (bicyclic) bond motifs is 1.